The number of aryl methyl sites for hydroxylation is 1. The lowest BCUT2D eigenvalue weighted by Crippen LogP contribution is -2.22. The van der Waals surface area contributed by atoms with Crippen LogP contribution in [0.25, 0.3) is 10.9 Å². The molecule has 0 aliphatic carbocycles. The van der Waals surface area contributed by atoms with Crippen molar-refractivity contribution in [1.29, 1.82) is 0 Å². The first-order valence-corrected chi connectivity index (χ1v) is 7.09. The molecular weight excluding hydrogens is 284 g/mol. The Hall–Kier alpha value is -2.26. The minimum absolute atomic E-state index is 0.0771. The maximum atomic E-state index is 12.4. The molecule has 0 spiro atoms. The summed E-state index contributed by atoms with van der Waals surface area (Å²) in [5.74, 6) is -0.0771. The highest BCUT2D eigenvalue weighted by Gasteiger charge is 2.11. The lowest BCUT2D eigenvalue weighted by molar-refractivity contribution is 0.0952. The van der Waals surface area contributed by atoms with Gasteiger partial charge >= 0.3 is 0 Å². The minimum Gasteiger partial charge on any atom is -0.351 e. The second kappa shape index (κ2) is 5.62. The molecule has 1 aromatic heterocycles. The van der Waals surface area contributed by atoms with E-state index in [0.717, 1.165) is 16.5 Å². The molecule has 4 heteroatoms. The second-order valence-electron chi connectivity index (χ2n) is 4.98. The molecule has 2 aromatic carbocycles. The van der Waals surface area contributed by atoms with Gasteiger partial charge in [0.1, 0.15) is 0 Å². The van der Waals surface area contributed by atoms with Gasteiger partial charge in [-0.3, -0.25) is 4.79 Å². The SMILES string of the molecule is Cn1ccc2c(C(=O)NCc3cccc(Cl)c3)cccc21. The van der Waals surface area contributed by atoms with E-state index < -0.39 is 0 Å². The number of carbonyl (C=O) groups is 1. The highest BCUT2D eigenvalue weighted by atomic mass is 35.5. The average Bonchev–Trinajstić information content (AvgIpc) is 2.87. The van der Waals surface area contributed by atoms with Crippen molar-refractivity contribution >= 4 is 28.4 Å². The van der Waals surface area contributed by atoms with Gasteiger partial charge in [0.2, 0.25) is 0 Å². The molecular formula is C17H15ClN2O. The molecule has 0 atom stereocenters. The van der Waals surface area contributed by atoms with E-state index in [2.05, 4.69) is 5.32 Å². The van der Waals surface area contributed by atoms with Gasteiger partial charge in [-0.25, -0.2) is 0 Å². The predicted octanol–water partition coefficient (Wildman–Crippen LogP) is 3.76. The number of nitrogens with one attached hydrogen (secondary N) is 1. The van der Waals surface area contributed by atoms with Gasteiger partial charge in [0.05, 0.1) is 0 Å². The van der Waals surface area contributed by atoms with Crippen molar-refractivity contribution in [2.45, 2.75) is 6.54 Å². The number of halogens is 1. The Bertz CT molecular complexity index is 807. The summed E-state index contributed by atoms with van der Waals surface area (Å²) in [5.41, 5.74) is 2.72. The molecule has 3 aromatic rings. The van der Waals surface area contributed by atoms with Gasteiger partial charge in [-0.1, -0.05) is 29.8 Å². The van der Waals surface area contributed by atoms with Gasteiger partial charge in [-0.15, -0.1) is 0 Å². The topological polar surface area (TPSA) is 34.0 Å². The number of aromatic nitrogens is 1. The number of fused-ring (bicyclic) bond motifs is 1. The summed E-state index contributed by atoms with van der Waals surface area (Å²) in [5, 5.41) is 4.57. The van der Waals surface area contributed by atoms with Gasteiger partial charge in [0.15, 0.2) is 0 Å². The van der Waals surface area contributed by atoms with Crippen molar-refractivity contribution in [3.8, 4) is 0 Å². The van der Waals surface area contributed by atoms with Crippen molar-refractivity contribution in [2.24, 2.45) is 7.05 Å². The molecule has 0 bridgehead atoms. The molecule has 0 fully saturated rings. The number of amides is 1. The molecule has 0 saturated carbocycles. The highest BCUT2D eigenvalue weighted by molar-refractivity contribution is 6.30. The van der Waals surface area contributed by atoms with Crippen LogP contribution in [0.2, 0.25) is 5.02 Å². The maximum Gasteiger partial charge on any atom is 0.252 e. The van der Waals surface area contributed by atoms with Crippen LogP contribution in [0, 0.1) is 0 Å². The van der Waals surface area contributed by atoms with Gasteiger partial charge in [0, 0.05) is 41.3 Å². The lowest BCUT2D eigenvalue weighted by Gasteiger charge is -2.07. The predicted molar refractivity (Wildman–Crippen MR) is 85.5 cm³/mol. The van der Waals surface area contributed by atoms with E-state index in [-0.39, 0.29) is 5.91 Å². The monoisotopic (exact) mass is 298 g/mol. The zero-order chi connectivity index (χ0) is 14.8. The zero-order valence-corrected chi connectivity index (χ0v) is 12.4. The molecule has 1 amide bonds. The number of nitrogens with zero attached hydrogens (tertiary/aromatic N) is 1. The van der Waals surface area contributed by atoms with E-state index in [1.165, 1.54) is 0 Å². The normalized spacial score (nSPS) is 10.8. The Labute approximate surface area is 128 Å². The third-order valence-corrected chi connectivity index (χ3v) is 3.75. The Morgan fingerprint density at radius 2 is 2.00 bits per heavy atom. The second-order valence-corrected chi connectivity index (χ2v) is 5.41. The van der Waals surface area contributed by atoms with Gasteiger partial charge < -0.3 is 9.88 Å². The van der Waals surface area contributed by atoms with Crippen molar-refractivity contribution in [1.82, 2.24) is 9.88 Å². The Morgan fingerprint density at radius 3 is 2.81 bits per heavy atom. The van der Waals surface area contributed by atoms with Crippen LogP contribution >= 0.6 is 11.6 Å². The molecule has 21 heavy (non-hydrogen) atoms. The van der Waals surface area contributed by atoms with Crippen LogP contribution in [0.1, 0.15) is 15.9 Å². The first kappa shape index (κ1) is 13.7. The van der Waals surface area contributed by atoms with E-state index >= 15 is 0 Å². The molecule has 0 aliphatic rings. The summed E-state index contributed by atoms with van der Waals surface area (Å²) in [6.45, 7) is 0.461. The van der Waals surface area contributed by atoms with E-state index in [4.69, 9.17) is 11.6 Å². The molecule has 3 nitrogen and oxygen atoms in total. The molecule has 3 rings (SSSR count). The minimum atomic E-state index is -0.0771. The first-order chi connectivity index (χ1) is 10.1. The molecule has 1 N–H and O–H groups in total. The number of rotatable bonds is 3. The maximum absolute atomic E-state index is 12.4. The number of carbonyl (C=O) groups excluding carboxylic acids is 1. The third-order valence-electron chi connectivity index (χ3n) is 3.51. The molecule has 0 radical (unpaired) electrons. The highest BCUT2D eigenvalue weighted by Crippen LogP contribution is 2.19. The molecule has 106 valence electrons. The average molecular weight is 299 g/mol. The van der Waals surface area contributed by atoms with Crippen LogP contribution in [0.15, 0.2) is 54.7 Å². The molecule has 1 heterocycles. The fourth-order valence-corrected chi connectivity index (χ4v) is 2.64. The summed E-state index contributed by atoms with van der Waals surface area (Å²) in [6.07, 6.45) is 1.96. The fourth-order valence-electron chi connectivity index (χ4n) is 2.42. The number of benzene rings is 2. The quantitative estimate of drug-likeness (QED) is 0.785. The summed E-state index contributed by atoms with van der Waals surface area (Å²) in [6, 6.07) is 15.2. The lowest BCUT2D eigenvalue weighted by atomic mass is 10.1. The smallest absolute Gasteiger partial charge is 0.252 e. The zero-order valence-electron chi connectivity index (χ0n) is 11.6. The van der Waals surface area contributed by atoms with Gasteiger partial charge in [-0.05, 0) is 35.9 Å². The van der Waals surface area contributed by atoms with Crippen LogP contribution < -0.4 is 5.32 Å². The van der Waals surface area contributed by atoms with Crippen molar-refractivity contribution in [3.05, 3.63) is 70.9 Å². The van der Waals surface area contributed by atoms with Crippen LogP contribution in [0.5, 0.6) is 0 Å². The molecule has 0 aliphatic heterocycles. The van der Waals surface area contributed by atoms with E-state index in [0.29, 0.717) is 17.1 Å². The Kier molecular flexibility index (Phi) is 3.67. The van der Waals surface area contributed by atoms with E-state index in [9.17, 15) is 4.79 Å². The van der Waals surface area contributed by atoms with Gasteiger partial charge in [-0.2, -0.15) is 0 Å². The summed E-state index contributed by atoms with van der Waals surface area (Å²) >= 11 is 5.94. The van der Waals surface area contributed by atoms with Gasteiger partial charge in [0.25, 0.3) is 5.91 Å². The van der Waals surface area contributed by atoms with E-state index in [1.807, 2.05) is 66.3 Å². The first-order valence-electron chi connectivity index (χ1n) is 6.72. The van der Waals surface area contributed by atoms with Crippen molar-refractivity contribution in [2.75, 3.05) is 0 Å². The molecule has 0 saturated heterocycles. The number of hydrogen-bond donors (Lipinski definition) is 1. The Morgan fingerprint density at radius 1 is 1.19 bits per heavy atom. The fraction of sp³-hybridized carbons (Fsp3) is 0.118. The Balaban J connectivity index is 1.81. The van der Waals surface area contributed by atoms with Crippen molar-refractivity contribution in [3.63, 3.8) is 0 Å². The van der Waals surface area contributed by atoms with Crippen LogP contribution in [-0.2, 0) is 13.6 Å². The standard InChI is InChI=1S/C17H15ClN2O/c1-20-9-8-14-15(6-3-7-16(14)20)17(21)19-11-12-4-2-5-13(18)10-12/h2-10H,11H2,1H3,(H,19,21). The van der Waals surface area contributed by atoms with Crippen molar-refractivity contribution < 1.29 is 4.79 Å². The summed E-state index contributed by atoms with van der Waals surface area (Å²) in [7, 11) is 1.97. The number of hydrogen-bond acceptors (Lipinski definition) is 1. The summed E-state index contributed by atoms with van der Waals surface area (Å²) < 4.78 is 2.00. The third kappa shape index (κ3) is 2.78. The van der Waals surface area contributed by atoms with Crippen LogP contribution in [0.4, 0.5) is 0 Å². The van der Waals surface area contributed by atoms with E-state index in [1.54, 1.807) is 0 Å². The molecule has 0 unspecified atom stereocenters. The van der Waals surface area contributed by atoms with Crippen LogP contribution in [0.3, 0.4) is 0 Å². The largest absolute Gasteiger partial charge is 0.351 e. The van der Waals surface area contributed by atoms with Crippen LogP contribution in [-0.4, -0.2) is 10.5 Å². The summed E-state index contributed by atoms with van der Waals surface area (Å²) in [4.78, 5) is 12.4.